The summed E-state index contributed by atoms with van der Waals surface area (Å²) in [5.74, 6) is -2.14. The van der Waals surface area contributed by atoms with Gasteiger partial charge in [-0.2, -0.15) is 0 Å². The molecule has 1 saturated heterocycles. The van der Waals surface area contributed by atoms with Crippen LogP contribution in [0.5, 0.6) is 5.75 Å². The lowest BCUT2D eigenvalue weighted by Gasteiger charge is -2.24. The fourth-order valence-corrected chi connectivity index (χ4v) is 3.34. The maximum atomic E-state index is 14.5. The molecule has 136 valence electrons. The van der Waals surface area contributed by atoms with E-state index in [1.54, 1.807) is 0 Å². The van der Waals surface area contributed by atoms with Crippen LogP contribution in [-0.2, 0) is 11.2 Å². The minimum Gasteiger partial charge on any atom is -0.508 e. The Morgan fingerprint density at radius 2 is 2.08 bits per heavy atom. The van der Waals surface area contributed by atoms with E-state index in [1.165, 1.54) is 0 Å². The average molecular weight is 359 g/mol. The van der Waals surface area contributed by atoms with Gasteiger partial charge in [0.2, 0.25) is 0 Å². The number of pyridine rings is 1. The number of fused-ring (bicyclic) bond motifs is 1. The minimum absolute atomic E-state index is 0.105. The summed E-state index contributed by atoms with van der Waals surface area (Å²) >= 11 is 0. The molecule has 3 aromatic rings. The number of hydrogen-bond donors (Lipinski definition) is 2. The largest absolute Gasteiger partial charge is 0.508 e. The monoisotopic (exact) mass is 359 g/mol. The van der Waals surface area contributed by atoms with Crippen LogP contribution in [0.3, 0.4) is 0 Å². The first kappa shape index (κ1) is 16.9. The van der Waals surface area contributed by atoms with Crippen LogP contribution in [0, 0.1) is 18.6 Å². The van der Waals surface area contributed by atoms with Crippen molar-refractivity contribution in [2.45, 2.75) is 19.4 Å². The Hall–Kier alpha value is -2.51. The number of morpholine rings is 1. The van der Waals surface area contributed by atoms with Crippen LogP contribution in [0.2, 0.25) is 0 Å². The molecule has 1 fully saturated rings. The Morgan fingerprint density at radius 1 is 1.31 bits per heavy atom. The fraction of sp³-hybridized carbons (Fsp3) is 0.316. The average Bonchev–Trinajstić information content (AvgIpc) is 2.92. The normalized spacial score (nSPS) is 17.7. The molecular weight excluding hydrogens is 340 g/mol. The molecule has 5 nitrogen and oxygen atoms in total. The molecule has 3 heterocycles. The molecule has 1 aromatic carbocycles. The first-order chi connectivity index (χ1) is 12.5. The summed E-state index contributed by atoms with van der Waals surface area (Å²) in [6.45, 7) is 3.98. The molecule has 0 unspecified atom stereocenters. The topological polar surface area (TPSA) is 58.8 Å². The van der Waals surface area contributed by atoms with Crippen molar-refractivity contribution in [3.63, 3.8) is 0 Å². The molecule has 4 rings (SSSR count). The molecule has 2 N–H and O–H groups in total. The first-order valence-corrected chi connectivity index (χ1v) is 8.51. The SMILES string of the molecule is Cc1ccn2c(C[C@H]3CNCCO3)c(-c3c(F)cc(O)cc3F)nc2c1. The summed E-state index contributed by atoms with van der Waals surface area (Å²) in [4.78, 5) is 4.49. The fourth-order valence-electron chi connectivity index (χ4n) is 3.34. The number of aryl methyl sites for hydroxylation is 1. The van der Waals surface area contributed by atoms with Gasteiger partial charge in [0.1, 0.15) is 23.0 Å². The highest BCUT2D eigenvalue weighted by Crippen LogP contribution is 2.33. The predicted molar refractivity (Wildman–Crippen MR) is 93.3 cm³/mol. The maximum Gasteiger partial charge on any atom is 0.139 e. The Morgan fingerprint density at radius 3 is 2.77 bits per heavy atom. The molecule has 0 amide bonds. The van der Waals surface area contributed by atoms with Crippen molar-refractivity contribution < 1.29 is 18.6 Å². The van der Waals surface area contributed by atoms with Crippen molar-refractivity contribution >= 4 is 5.65 Å². The lowest BCUT2D eigenvalue weighted by Crippen LogP contribution is -2.39. The molecule has 7 heteroatoms. The van der Waals surface area contributed by atoms with Gasteiger partial charge < -0.3 is 19.6 Å². The Kier molecular flexibility index (Phi) is 4.34. The smallest absolute Gasteiger partial charge is 0.139 e. The van der Waals surface area contributed by atoms with Crippen molar-refractivity contribution in [1.29, 1.82) is 0 Å². The molecule has 0 radical (unpaired) electrons. The van der Waals surface area contributed by atoms with Crippen molar-refractivity contribution in [3.05, 3.63) is 53.4 Å². The second-order valence-corrected chi connectivity index (χ2v) is 6.52. The second kappa shape index (κ2) is 6.66. The third kappa shape index (κ3) is 3.04. The summed E-state index contributed by atoms with van der Waals surface area (Å²) in [5, 5.41) is 12.7. The van der Waals surface area contributed by atoms with Crippen molar-refractivity contribution in [2.75, 3.05) is 19.7 Å². The van der Waals surface area contributed by atoms with Gasteiger partial charge in [0.05, 0.1) is 29.7 Å². The zero-order valence-electron chi connectivity index (χ0n) is 14.3. The van der Waals surface area contributed by atoms with Crippen LogP contribution in [-0.4, -0.2) is 40.3 Å². The summed E-state index contributed by atoms with van der Waals surface area (Å²) in [6.07, 6.45) is 2.21. The van der Waals surface area contributed by atoms with E-state index in [1.807, 2.05) is 29.7 Å². The van der Waals surface area contributed by atoms with E-state index < -0.39 is 17.4 Å². The second-order valence-electron chi connectivity index (χ2n) is 6.52. The highest BCUT2D eigenvalue weighted by molar-refractivity contribution is 5.69. The number of halogens is 2. The van der Waals surface area contributed by atoms with E-state index in [4.69, 9.17) is 4.74 Å². The van der Waals surface area contributed by atoms with Crippen LogP contribution >= 0.6 is 0 Å². The van der Waals surface area contributed by atoms with Gasteiger partial charge in [-0.1, -0.05) is 0 Å². The van der Waals surface area contributed by atoms with Crippen molar-refractivity contribution in [2.24, 2.45) is 0 Å². The van der Waals surface area contributed by atoms with Crippen LogP contribution in [0.15, 0.2) is 30.5 Å². The number of nitrogens with zero attached hydrogens (tertiary/aromatic N) is 2. The third-order valence-corrected chi connectivity index (χ3v) is 4.57. The molecule has 26 heavy (non-hydrogen) atoms. The van der Waals surface area contributed by atoms with E-state index in [2.05, 4.69) is 10.3 Å². The number of phenols is 1. The van der Waals surface area contributed by atoms with Crippen LogP contribution in [0.4, 0.5) is 8.78 Å². The summed E-state index contributed by atoms with van der Waals surface area (Å²) in [6, 6.07) is 5.58. The van der Waals surface area contributed by atoms with Gasteiger partial charge in [0.15, 0.2) is 0 Å². The number of benzene rings is 1. The molecule has 0 saturated carbocycles. The molecule has 2 aromatic heterocycles. The van der Waals surface area contributed by atoms with E-state index in [9.17, 15) is 13.9 Å². The van der Waals surface area contributed by atoms with Crippen LogP contribution in [0.25, 0.3) is 16.9 Å². The van der Waals surface area contributed by atoms with E-state index in [-0.39, 0.29) is 17.4 Å². The number of ether oxygens (including phenoxy) is 1. The molecular formula is C19H19F2N3O2. The van der Waals surface area contributed by atoms with Crippen LogP contribution < -0.4 is 5.32 Å². The molecule has 0 spiro atoms. The lowest BCUT2D eigenvalue weighted by molar-refractivity contribution is 0.0286. The summed E-state index contributed by atoms with van der Waals surface area (Å²) < 4.78 is 36.5. The maximum absolute atomic E-state index is 14.5. The van der Waals surface area contributed by atoms with E-state index in [0.29, 0.717) is 30.9 Å². The molecule has 0 bridgehead atoms. The number of hydrogen-bond acceptors (Lipinski definition) is 4. The van der Waals surface area contributed by atoms with Crippen molar-refractivity contribution in [1.82, 2.24) is 14.7 Å². The number of aromatic hydroxyl groups is 1. The number of imidazole rings is 1. The highest BCUT2D eigenvalue weighted by Gasteiger charge is 2.25. The highest BCUT2D eigenvalue weighted by atomic mass is 19.1. The molecule has 1 atom stereocenters. The van der Waals surface area contributed by atoms with Gasteiger partial charge in [-0.15, -0.1) is 0 Å². The Bertz CT molecular complexity index is 942. The van der Waals surface area contributed by atoms with E-state index >= 15 is 0 Å². The van der Waals surface area contributed by atoms with Gasteiger partial charge in [-0.05, 0) is 24.6 Å². The van der Waals surface area contributed by atoms with Gasteiger partial charge >= 0.3 is 0 Å². The molecule has 1 aliphatic heterocycles. The van der Waals surface area contributed by atoms with Gasteiger partial charge in [0.25, 0.3) is 0 Å². The summed E-state index contributed by atoms with van der Waals surface area (Å²) in [7, 11) is 0. The standard InChI is InChI=1S/C19H19F2N3O2/c1-11-2-4-24-16(9-13-10-22-3-5-26-13)19(23-17(24)6-11)18-14(20)7-12(25)8-15(18)21/h2,4,6-8,13,22,25H,3,5,9-10H2,1H3/t13-/m0/s1. The number of aromatic nitrogens is 2. The van der Waals surface area contributed by atoms with Gasteiger partial charge in [-0.3, -0.25) is 0 Å². The lowest BCUT2D eigenvalue weighted by atomic mass is 10.0. The summed E-state index contributed by atoms with van der Waals surface area (Å²) in [5.41, 5.74) is 2.30. The zero-order chi connectivity index (χ0) is 18.3. The number of rotatable bonds is 3. The predicted octanol–water partition coefficient (Wildman–Crippen LogP) is 2.82. The third-order valence-electron chi connectivity index (χ3n) is 4.57. The number of nitrogens with one attached hydrogen (secondary N) is 1. The quantitative estimate of drug-likeness (QED) is 0.755. The van der Waals surface area contributed by atoms with E-state index in [0.717, 1.165) is 24.2 Å². The molecule has 1 aliphatic rings. The Balaban J connectivity index is 1.89. The number of phenolic OH excluding ortho intramolecular Hbond substituents is 1. The van der Waals surface area contributed by atoms with Crippen LogP contribution in [0.1, 0.15) is 11.3 Å². The van der Waals surface area contributed by atoms with Crippen molar-refractivity contribution in [3.8, 4) is 17.0 Å². The van der Waals surface area contributed by atoms with Gasteiger partial charge in [0, 0.05) is 37.8 Å². The van der Waals surface area contributed by atoms with Gasteiger partial charge in [-0.25, -0.2) is 13.8 Å². The zero-order valence-corrected chi connectivity index (χ0v) is 14.3. The Labute approximate surface area is 149 Å². The minimum atomic E-state index is -0.841. The molecule has 0 aliphatic carbocycles. The first-order valence-electron chi connectivity index (χ1n) is 8.51.